The molecule has 5 rings (SSSR count). The number of anilines is 3. The SMILES string of the molecule is C=CC(=O)Nc1ccc2ncnc(Nc3ccc(OC4CCN(C(=O)C5CCC5)CC4)c(C)c3)c2c1. The fraction of sp³-hybridized carbons (Fsp3) is 0.357. The van der Waals surface area contributed by atoms with E-state index in [0.29, 0.717) is 17.4 Å². The lowest BCUT2D eigenvalue weighted by molar-refractivity contribution is -0.140. The summed E-state index contributed by atoms with van der Waals surface area (Å²) in [5.41, 5.74) is 3.31. The molecule has 1 aliphatic carbocycles. The first kappa shape index (κ1) is 23.8. The Balaban J connectivity index is 1.24. The molecule has 36 heavy (non-hydrogen) atoms. The van der Waals surface area contributed by atoms with Gasteiger partial charge in [-0.1, -0.05) is 13.0 Å². The lowest BCUT2D eigenvalue weighted by Crippen LogP contribution is -2.45. The first-order chi connectivity index (χ1) is 17.5. The molecule has 0 radical (unpaired) electrons. The van der Waals surface area contributed by atoms with Crippen LogP contribution in [0.5, 0.6) is 5.75 Å². The van der Waals surface area contributed by atoms with E-state index in [9.17, 15) is 9.59 Å². The first-order valence-corrected chi connectivity index (χ1v) is 12.5. The standard InChI is InChI=1S/C28H31N5O3/c1-3-26(34)31-21-7-9-24-23(16-21)27(30-17-29-24)32-20-8-10-25(18(2)15-20)36-22-11-13-33(14-12-22)28(35)19-5-4-6-19/h3,7-10,15-17,19,22H,1,4-6,11-14H2,2H3,(H,31,34)(H,29,30,32). The molecule has 2 fully saturated rings. The Kier molecular flexibility index (Phi) is 6.84. The highest BCUT2D eigenvalue weighted by Gasteiger charge is 2.32. The number of amides is 2. The number of carbonyl (C=O) groups excluding carboxylic acids is 2. The molecule has 2 aromatic carbocycles. The number of benzene rings is 2. The molecule has 2 heterocycles. The van der Waals surface area contributed by atoms with E-state index >= 15 is 0 Å². The molecule has 0 atom stereocenters. The first-order valence-electron chi connectivity index (χ1n) is 12.5. The largest absolute Gasteiger partial charge is 0.490 e. The van der Waals surface area contributed by atoms with Crippen molar-refractivity contribution in [2.45, 2.75) is 45.1 Å². The van der Waals surface area contributed by atoms with Crippen LogP contribution >= 0.6 is 0 Å². The van der Waals surface area contributed by atoms with Gasteiger partial charge in [-0.25, -0.2) is 9.97 Å². The third-order valence-corrected chi connectivity index (χ3v) is 7.03. The molecule has 3 aromatic rings. The molecule has 2 aliphatic rings. The van der Waals surface area contributed by atoms with Gasteiger partial charge in [0.1, 0.15) is 24.0 Å². The van der Waals surface area contributed by atoms with Crippen LogP contribution in [-0.4, -0.2) is 45.9 Å². The average molecular weight is 486 g/mol. The summed E-state index contributed by atoms with van der Waals surface area (Å²) < 4.78 is 6.31. The number of fused-ring (bicyclic) bond motifs is 1. The van der Waals surface area contributed by atoms with E-state index in [4.69, 9.17) is 4.74 Å². The summed E-state index contributed by atoms with van der Waals surface area (Å²) in [5, 5.41) is 6.93. The van der Waals surface area contributed by atoms with Crippen LogP contribution in [0.25, 0.3) is 10.9 Å². The van der Waals surface area contributed by atoms with Gasteiger partial charge in [0.05, 0.1) is 5.52 Å². The third-order valence-electron chi connectivity index (χ3n) is 7.03. The highest BCUT2D eigenvalue weighted by molar-refractivity contribution is 6.01. The van der Waals surface area contributed by atoms with E-state index in [1.54, 1.807) is 6.07 Å². The second kappa shape index (κ2) is 10.4. The third kappa shape index (κ3) is 5.17. The van der Waals surface area contributed by atoms with Gasteiger partial charge in [-0.2, -0.15) is 0 Å². The number of nitrogens with one attached hydrogen (secondary N) is 2. The molecular formula is C28H31N5O3. The summed E-state index contributed by atoms with van der Waals surface area (Å²) in [6.45, 7) is 7.06. The molecule has 2 N–H and O–H groups in total. The van der Waals surface area contributed by atoms with Gasteiger partial charge in [0.25, 0.3) is 0 Å². The Morgan fingerprint density at radius 2 is 1.83 bits per heavy atom. The van der Waals surface area contributed by atoms with Crippen LogP contribution < -0.4 is 15.4 Å². The molecule has 0 spiro atoms. The van der Waals surface area contributed by atoms with Crippen molar-refractivity contribution < 1.29 is 14.3 Å². The molecule has 8 heteroatoms. The number of ether oxygens (including phenoxy) is 1. The summed E-state index contributed by atoms with van der Waals surface area (Å²) in [7, 11) is 0. The van der Waals surface area contributed by atoms with E-state index in [2.05, 4.69) is 27.2 Å². The van der Waals surface area contributed by atoms with Crippen molar-refractivity contribution in [3.63, 3.8) is 0 Å². The summed E-state index contributed by atoms with van der Waals surface area (Å²) in [6.07, 6.45) is 7.85. The number of aromatic nitrogens is 2. The maximum atomic E-state index is 12.5. The van der Waals surface area contributed by atoms with Crippen LogP contribution in [0.1, 0.15) is 37.7 Å². The number of carbonyl (C=O) groups is 2. The number of hydrogen-bond donors (Lipinski definition) is 2. The van der Waals surface area contributed by atoms with Gasteiger partial charge in [-0.05, 0) is 67.8 Å². The van der Waals surface area contributed by atoms with E-state index in [-0.39, 0.29) is 17.9 Å². The molecule has 1 saturated heterocycles. The highest BCUT2D eigenvalue weighted by atomic mass is 16.5. The zero-order valence-electron chi connectivity index (χ0n) is 20.5. The Hall–Kier alpha value is -3.94. The number of rotatable bonds is 7. The Bertz CT molecular complexity index is 1300. The molecule has 1 aromatic heterocycles. The molecule has 1 saturated carbocycles. The van der Waals surface area contributed by atoms with Crippen molar-refractivity contribution >= 4 is 39.9 Å². The van der Waals surface area contributed by atoms with Crippen LogP contribution in [0.4, 0.5) is 17.2 Å². The van der Waals surface area contributed by atoms with Crippen molar-refractivity contribution in [1.82, 2.24) is 14.9 Å². The van der Waals surface area contributed by atoms with Gasteiger partial charge in [-0.3, -0.25) is 9.59 Å². The predicted octanol–water partition coefficient (Wildman–Crippen LogP) is 4.98. The van der Waals surface area contributed by atoms with E-state index < -0.39 is 0 Å². The van der Waals surface area contributed by atoms with Crippen LogP contribution in [0.3, 0.4) is 0 Å². The minimum Gasteiger partial charge on any atom is -0.490 e. The van der Waals surface area contributed by atoms with Crippen LogP contribution in [0, 0.1) is 12.8 Å². The highest BCUT2D eigenvalue weighted by Crippen LogP contribution is 2.31. The van der Waals surface area contributed by atoms with Crippen molar-refractivity contribution in [1.29, 1.82) is 0 Å². The Morgan fingerprint density at radius 1 is 1.06 bits per heavy atom. The number of nitrogens with zero attached hydrogens (tertiary/aromatic N) is 3. The fourth-order valence-electron chi connectivity index (χ4n) is 4.71. The van der Waals surface area contributed by atoms with Crippen LogP contribution in [0.2, 0.25) is 0 Å². The minimum atomic E-state index is -0.275. The van der Waals surface area contributed by atoms with Gasteiger partial charge in [0.15, 0.2) is 0 Å². The fourth-order valence-corrected chi connectivity index (χ4v) is 4.71. The predicted molar refractivity (Wildman–Crippen MR) is 140 cm³/mol. The summed E-state index contributed by atoms with van der Waals surface area (Å²) in [5.74, 6) is 1.81. The second-order valence-corrected chi connectivity index (χ2v) is 9.52. The van der Waals surface area contributed by atoms with Gasteiger partial charge in [-0.15, -0.1) is 0 Å². The van der Waals surface area contributed by atoms with E-state index in [1.807, 2.05) is 42.2 Å². The van der Waals surface area contributed by atoms with Gasteiger partial charge in [0, 0.05) is 48.6 Å². The molecule has 2 amide bonds. The van der Waals surface area contributed by atoms with E-state index in [0.717, 1.165) is 66.7 Å². The maximum Gasteiger partial charge on any atom is 0.247 e. The smallest absolute Gasteiger partial charge is 0.247 e. The Labute approximate surface area is 210 Å². The van der Waals surface area contributed by atoms with E-state index in [1.165, 1.54) is 18.8 Å². The lowest BCUT2D eigenvalue weighted by Gasteiger charge is -2.36. The molecule has 0 bridgehead atoms. The van der Waals surface area contributed by atoms with Gasteiger partial charge >= 0.3 is 0 Å². The summed E-state index contributed by atoms with van der Waals surface area (Å²) in [6, 6.07) is 11.4. The van der Waals surface area contributed by atoms with Crippen molar-refractivity contribution in [3.8, 4) is 5.75 Å². The number of likely N-dealkylation sites (tertiary alicyclic amines) is 1. The number of hydrogen-bond acceptors (Lipinski definition) is 6. The van der Waals surface area contributed by atoms with Crippen molar-refractivity contribution in [2.75, 3.05) is 23.7 Å². The second-order valence-electron chi connectivity index (χ2n) is 9.52. The Morgan fingerprint density at radius 3 is 2.53 bits per heavy atom. The van der Waals surface area contributed by atoms with Crippen molar-refractivity contribution in [3.05, 3.63) is 60.9 Å². The molecule has 0 unspecified atom stereocenters. The maximum absolute atomic E-state index is 12.5. The topological polar surface area (TPSA) is 96.4 Å². The zero-order chi connectivity index (χ0) is 25.1. The number of piperidine rings is 1. The van der Waals surface area contributed by atoms with Crippen molar-refractivity contribution in [2.24, 2.45) is 5.92 Å². The monoisotopic (exact) mass is 485 g/mol. The zero-order valence-corrected chi connectivity index (χ0v) is 20.5. The quantitative estimate of drug-likeness (QED) is 0.459. The van der Waals surface area contributed by atoms with Crippen LogP contribution in [-0.2, 0) is 9.59 Å². The molecule has 8 nitrogen and oxygen atoms in total. The normalized spacial score (nSPS) is 16.3. The number of aryl methyl sites for hydroxylation is 1. The van der Waals surface area contributed by atoms with Gasteiger partial charge in [0.2, 0.25) is 11.8 Å². The molecule has 186 valence electrons. The summed E-state index contributed by atoms with van der Waals surface area (Å²) >= 11 is 0. The van der Waals surface area contributed by atoms with Crippen LogP contribution in [0.15, 0.2) is 55.4 Å². The minimum absolute atomic E-state index is 0.114. The summed E-state index contributed by atoms with van der Waals surface area (Å²) in [4.78, 5) is 34.9. The lowest BCUT2D eigenvalue weighted by atomic mass is 9.84. The van der Waals surface area contributed by atoms with Gasteiger partial charge < -0.3 is 20.3 Å². The molecule has 1 aliphatic heterocycles. The molecular weight excluding hydrogens is 454 g/mol. The average Bonchev–Trinajstić information content (AvgIpc) is 2.85.